The van der Waals surface area contributed by atoms with Crippen LogP contribution in [0.15, 0.2) is 29.2 Å². The van der Waals surface area contributed by atoms with Crippen molar-refractivity contribution in [1.29, 1.82) is 0 Å². The maximum Gasteiger partial charge on any atom is 0.296 e. The zero-order valence-electron chi connectivity index (χ0n) is 12.4. The van der Waals surface area contributed by atoms with E-state index in [0.717, 1.165) is 24.9 Å². The molecule has 0 aromatic heterocycles. The van der Waals surface area contributed by atoms with Gasteiger partial charge in [0.1, 0.15) is 0 Å². The van der Waals surface area contributed by atoms with Crippen molar-refractivity contribution in [2.24, 2.45) is 5.92 Å². The number of likely N-dealkylation sites (tertiary alicyclic amines) is 1. The largest absolute Gasteiger partial charge is 0.343 e. The lowest BCUT2D eigenvalue weighted by Gasteiger charge is -2.31. The van der Waals surface area contributed by atoms with Crippen LogP contribution < -0.4 is 0 Å². The van der Waals surface area contributed by atoms with Crippen LogP contribution in [0, 0.1) is 12.8 Å². The molecule has 21 heavy (non-hydrogen) atoms. The van der Waals surface area contributed by atoms with E-state index in [1.807, 2.05) is 6.92 Å². The molecule has 0 aliphatic carbocycles. The highest BCUT2D eigenvalue weighted by Crippen LogP contribution is 2.20. The van der Waals surface area contributed by atoms with E-state index >= 15 is 0 Å². The zero-order valence-corrected chi connectivity index (χ0v) is 13.2. The minimum absolute atomic E-state index is 0.0288. The highest BCUT2D eigenvalue weighted by molar-refractivity contribution is 7.86. The summed E-state index contributed by atoms with van der Waals surface area (Å²) in [7, 11) is -3.72. The third-order valence-corrected chi connectivity index (χ3v) is 5.03. The number of nitrogens with zero attached hydrogens (tertiary/aromatic N) is 1. The lowest BCUT2D eigenvalue weighted by Crippen LogP contribution is -2.40. The molecule has 1 saturated heterocycles. The Kier molecular flexibility index (Phi) is 5.00. The molecule has 0 bridgehead atoms. The number of carbonyl (C=O) groups is 1. The van der Waals surface area contributed by atoms with E-state index in [1.165, 1.54) is 6.92 Å². The molecule has 0 N–H and O–H groups in total. The van der Waals surface area contributed by atoms with Gasteiger partial charge in [0.2, 0.25) is 5.91 Å². The quantitative estimate of drug-likeness (QED) is 0.797. The maximum atomic E-state index is 12.1. The number of hydrogen-bond donors (Lipinski definition) is 0. The first-order chi connectivity index (χ1) is 9.88. The Labute approximate surface area is 126 Å². The highest BCUT2D eigenvalue weighted by Gasteiger charge is 2.24. The van der Waals surface area contributed by atoms with Gasteiger partial charge in [0.05, 0.1) is 11.5 Å². The third-order valence-electron chi connectivity index (χ3n) is 3.73. The molecule has 1 aliphatic heterocycles. The van der Waals surface area contributed by atoms with Crippen LogP contribution in [0.2, 0.25) is 0 Å². The van der Waals surface area contributed by atoms with Crippen molar-refractivity contribution >= 4 is 16.0 Å². The molecule has 1 aliphatic rings. The van der Waals surface area contributed by atoms with Crippen molar-refractivity contribution in [2.45, 2.75) is 31.6 Å². The van der Waals surface area contributed by atoms with Gasteiger partial charge in [0.25, 0.3) is 10.1 Å². The lowest BCUT2D eigenvalue weighted by molar-refractivity contribution is -0.130. The first kappa shape index (κ1) is 16.0. The fourth-order valence-electron chi connectivity index (χ4n) is 2.45. The summed E-state index contributed by atoms with van der Waals surface area (Å²) in [5.74, 6) is 0.101. The van der Waals surface area contributed by atoms with Crippen molar-refractivity contribution in [3.8, 4) is 0 Å². The summed E-state index contributed by atoms with van der Waals surface area (Å²) in [4.78, 5) is 13.3. The van der Waals surface area contributed by atoms with Gasteiger partial charge in [-0.25, -0.2) is 0 Å². The van der Waals surface area contributed by atoms with Gasteiger partial charge in [-0.05, 0) is 31.9 Å². The van der Waals surface area contributed by atoms with Gasteiger partial charge < -0.3 is 4.90 Å². The number of rotatable bonds is 4. The first-order valence-corrected chi connectivity index (χ1v) is 8.51. The lowest BCUT2D eigenvalue weighted by atomic mass is 9.99. The Morgan fingerprint density at radius 3 is 2.62 bits per heavy atom. The Morgan fingerprint density at radius 2 is 2.00 bits per heavy atom. The van der Waals surface area contributed by atoms with Gasteiger partial charge in [-0.2, -0.15) is 8.42 Å². The number of hydrogen-bond acceptors (Lipinski definition) is 4. The molecule has 1 aromatic carbocycles. The molecule has 1 amide bonds. The van der Waals surface area contributed by atoms with Crippen LogP contribution in [0.4, 0.5) is 0 Å². The van der Waals surface area contributed by atoms with Crippen molar-refractivity contribution in [2.75, 3.05) is 19.7 Å². The predicted molar refractivity (Wildman–Crippen MR) is 79.3 cm³/mol. The zero-order chi connectivity index (χ0) is 15.5. The third kappa shape index (κ3) is 4.28. The molecule has 1 heterocycles. The second kappa shape index (κ2) is 6.58. The Balaban J connectivity index is 1.95. The van der Waals surface area contributed by atoms with E-state index in [9.17, 15) is 13.2 Å². The van der Waals surface area contributed by atoms with Gasteiger partial charge in [-0.15, -0.1) is 0 Å². The molecular formula is C15H21NO4S. The molecule has 0 radical (unpaired) electrons. The van der Waals surface area contributed by atoms with E-state index in [0.29, 0.717) is 6.54 Å². The van der Waals surface area contributed by atoms with Crippen molar-refractivity contribution in [3.05, 3.63) is 29.8 Å². The van der Waals surface area contributed by atoms with E-state index < -0.39 is 10.1 Å². The maximum absolute atomic E-state index is 12.1. The molecule has 0 saturated carbocycles. The Hall–Kier alpha value is -1.40. The first-order valence-electron chi connectivity index (χ1n) is 7.10. The van der Waals surface area contributed by atoms with Crippen molar-refractivity contribution in [3.63, 3.8) is 0 Å². The van der Waals surface area contributed by atoms with E-state index in [-0.39, 0.29) is 23.3 Å². The van der Waals surface area contributed by atoms with Gasteiger partial charge in [-0.3, -0.25) is 8.98 Å². The molecule has 116 valence electrons. The average Bonchev–Trinajstić information content (AvgIpc) is 2.46. The van der Waals surface area contributed by atoms with Gasteiger partial charge in [0.15, 0.2) is 0 Å². The van der Waals surface area contributed by atoms with Crippen LogP contribution in [0.1, 0.15) is 25.3 Å². The number of benzene rings is 1. The second-order valence-electron chi connectivity index (χ2n) is 5.52. The molecule has 6 heteroatoms. The summed E-state index contributed by atoms with van der Waals surface area (Å²) in [6, 6.07) is 6.59. The molecule has 0 unspecified atom stereocenters. The SMILES string of the molecule is CC(=O)N1CCC[C@@H](COS(=O)(=O)c2ccc(C)cc2)C1. The number of amides is 1. The number of carbonyl (C=O) groups excluding carboxylic acids is 1. The molecular weight excluding hydrogens is 290 g/mol. The minimum atomic E-state index is -3.72. The summed E-state index contributed by atoms with van der Waals surface area (Å²) in [6.07, 6.45) is 1.77. The van der Waals surface area contributed by atoms with Crippen LogP contribution in [0.25, 0.3) is 0 Å². The number of piperidine rings is 1. The molecule has 1 fully saturated rings. The molecule has 0 spiro atoms. The van der Waals surface area contributed by atoms with Crippen LogP contribution >= 0.6 is 0 Å². The standard InChI is InChI=1S/C15H21NO4S/c1-12-5-7-15(8-6-12)21(18,19)20-11-14-4-3-9-16(10-14)13(2)17/h5-8,14H,3-4,9-11H2,1-2H3/t14-/m1/s1. The summed E-state index contributed by atoms with van der Waals surface area (Å²) in [5, 5.41) is 0. The Morgan fingerprint density at radius 1 is 1.33 bits per heavy atom. The van der Waals surface area contributed by atoms with Gasteiger partial charge in [0, 0.05) is 25.9 Å². The highest BCUT2D eigenvalue weighted by atomic mass is 32.2. The predicted octanol–water partition coefficient (Wildman–Crippen LogP) is 1.96. The summed E-state index contributed by atoms with van der Waals surface area (Å²) in [6.45, 7) is 4.87. The molecule has 1 atom stereocenters. The van der Waals surface area contributed by atoms with Crippen molar-refractivity contribution in [1.82, 2.24) is 4.90 Å². The summed E-state index contributed by atoms with van der Waals surface area (Å²) in [5.41, 5.74) is 0.998. The average molecular weight is 311 g/mol. The van der Waals surface area contributed by atoms with Crippen LogP contribution in [0.5, 0.6) is 0 Å². The normalized spacial score (nSPS) is 19.5. The second-order valence-corrected chi connectivity index (χ2v) is 7.14. The molecule has 2 rings (SSSR count). The minimum Gasteiger partial charge on any atom is -0.343 e. The van der Waals surface area contributed by atoms with Crippen LogP contribution in [-0.2, 0) is 19.1 Å². The van der Waals surface area contributed by atoms with E-state index in [1.54, 1.807) is 29.2 Å². The molecule has 5 nitrogen and oxygen atoms in total. The van der Waals surface area contributed by atoms with E-state index in [4.69, 9.17) is 4.18 Å². The molecule has 1 aromatic rings. The fraction of sp³-hybridized carbons (Fsp3) is 0.533. The number of aryl methyl sites for hydroxylation is 1. The van der Waals surface area contributed by atoms with E-state index in [2.05, 4.69) is 0 Å². The fourth-order valence-corrected chi connectivity index (χ4v) is 3.42. The van der Waals surface area contributed by atoms with Crippen molar-refractivity contribution < 1.29 is 17.4 Å². The van der Waals surface area contributed by atoms with Crippen LogP contribution in [0.3, 0.4) is 0 Å². The van der Waals surface area contributed by atoms with Crippen LogP contribution in [-0.4, -0.2) is 38.9 Å². The van der Waals surface area contributed by atoms with Gasteiger partial charge >= 0.3 is 0 Å². The smallest absolute Gasteiger partial charge is 0.296 e. The monoisotopic (exact) mass is 311 g/mol. The summed E-state index contributed by atoms with van der Waals surface area (Å²) < 4.78 is 29.4. The summed E-state index contributed by atoms with van der Waals surface area (Å²) >= 11 is 0. The Bertz CT molecular complexity index is 595. The topological polar surface area (TPSA) is 63.7 Å². The van der Waals surface area contributed by atoms with Gasteiger partial charge in [-0.1, -0.05) is 17.7 Å².